The van der Waals surface area contributed by atoms with Crippen LogP contribution in [0.2, 0.25) is 0 Å². The summed E-state index contributed by atoms with van der Waals surface area (Å²) < 4.78 is 0. The van der Waals surface area contributed by atoms with Crippen LogP contribution in [0.5, 0.6) is 0 Å². The van der Waals surface area contributed by atoms with E-state index in [9.17, 15) is 0 Å². The Bertz CT molecular complexity index is 135. The van der Waals surface area contributed by atoms with E-state index in [4.69, 9.17) is 0 Å². The van der Waals surface area contributed by atoms with Crippen LogP contribution in [0.4, 0.5) is 0 Å². The minimum atomic E-state index is 0.482. The largest absolute Gasteiger partial charge is 0.315 e. The molecule has 0 aromatic rings. The second kappa shape index (κ2) is 7.27. The first-order chi connectivity index (χ1) is 6.91. The third-order valence-corrected chi connectivity index (χ3v) is 3.09. The summed E-state index contributed by atoms with van der Waals surface area (Å²) in [5.74, 6) is 0.874. The smallest absolute Gasteiger partial charge is 0.00436 e. The molecule has 0 aromatic heterocycles. The van der Waals surface area contributed by atoms with E-state index in [-0.39, 0.29) is 0 Å². The molecule has 0 saturated carbocycles. The topological polar surface area (TPSA) is 12.0 Å². The summed E-state index contributed by atoms with van der Waals surface area (Å²) in [6.07, 6.45) is 5.34. The van der Waals surface area contributed by atoms with Crippen molar-refractivity contribution in [3.8, 4) is 0 Å². The van der Waals surface area contributed by atoms with Gasteiger partial charge < -0.3 is 5.32 Å². The van der Waals surface area contributed by atoms with Gasteiger partial charge in [-0.3, -0.25) is 0 Å². The van der Waals surface area contributed by atoms with E-state index in [1.807, 2.05) is 0 Å². The van der Waals surface area contributed by atoms with Gasteiger partial charge in [-0.2, -0.15) is 0 Å². The van der Waals surface area contributed by atoms with Gasteiger partial charge in [-0.25, -0.2) is 0 Å². The highest BCUT2D eigenvalue weighted by molar-refractivity contribution is 4.76. The van der Waals surface area contributed by atoms with Gasteiger partial charge in [-0.1, -0.05) is 47.5 Å². The van der Waals surface area contributed by atoms with E-state index >= 15 is 0 Å². The van der Waals surface area contributed by atoms with E-state index in [0.717, 1.165) is 12.5 Å². The van der Waals surface area contributed by atoms with E-state index in [1.54, 1.807) is 0 Å². The second-order valence-corrected chi connectivity index (χ2v) is 5.93. The number of hydrogen-bond donors (Lipinski definition) is 1. The zero-order chi connectivity index (χ0) is 11.9. The predicted octanol–water partition coefficient (Wildman–Crippen LogP) is 4.23. The van der Waals surface area contributed by atoms with Gasteiger partial charge in [-0.05, 0) is 37.6 Å². The number of rotatable bonds is 8. The average Bonchev–Trinajstić information content (AvgIpc) is 2.01. The zero-order valence-corrected chi connectivity index (χ0v) is 11.7. The van der Waals surface area contributed by atoms with Crippen LogP contribution in [0.15, 0.2) is 0 Å². The maximum atomic E-state index is 3.51. The van der Waals surface area contributed by atoms with Crippen LogP contribution in [0.25, 0.3) is 0 Å². The summed E-state index contributed by atoms with van der Waals surface area (Å²) >= 11 is 0. The first kappa shape index (κ1) is 15.0. The maximum absolute atomic E-state index is 3.51. The molecule has 0 amide bonds. The van der Waals surface area contributed by atoms with Crippen molar-refractivity contribution in [2.75, 3.05) is 6.54 Å². The molecule has 92 valence electrons. The van der Waals surface area contributed by atoms with Crippen molar-refractivity contribution in [3.05, 3.63) is 0 Å². The molecular weight excluding hydrogens is 182 g/mol. The highest BCUT2D eigenvalue weighted by Crippen LogP contribution is 2.32. The van der Waals surface area contributed by atoms with Crippen molar-refractivity contribution in [1.29, 1.82) is 0 Å². The zero-order valence-electron chi connectivity index (χ0n) is 11.7. The second-order valence-electron chi connectivity index (χ2n) is 5.93. The average molecular weight is 213 g/mol. The monoisotopic (exact) mass is 213 g/mol. The van der Waals surface area contributed by atoms with Crippen molar-refractivity contribution >= 4 is 0 Å². The van der Waals surface area contributed by atoms with E-state index in [2.05, 4.69) is 46.9 Å². The molecule has 0 spiro atoms. The molecule has 0 saturated heterocycles. The molecule has 0 aromatic carbocycles. The first-order valence-corrected chi connectivity index (χ1v) is 6.64. The SMILES string of the molecule is CCCC(C)CC(C)(C)CC(C)NCC. The Morgan fingerprint density at radius 3 is 2.13 bits per heavy atom. The van der Waals surface area contributed by atoms with Crippen LogP contribution in [0, 0.1) is 11.3 Å². The summed E-state index contributed by atoms with van der Waals surface area (Å²) in [5.41, 5.74) is 0.482. The molecule has 2 atom stereocenters. The Hall–Kier alpha value is -0.0400. The maximum Gasteiger partial charge on any atom is 0.00436 e. The third-order valence-electron chi connectivity index (χ3n) is 3.09. The predicted molar refractivity (Wildman–Crippen MR) is 70.2 cm³/mol. The van der Waals surface area contributed by atoms with Gasteiger partial charge in [0.2, 0.25) is 0 Å². The summed E-state index contributed by atoms with van der Waals surface area (Å²) in [7, 11) is 0. The molecule has 1 N–H and O–H groups in total. The fourth-order valence-corrected chi connectivity index (χ4v) is 2.87. The lowest BCUT2D eigenvalue weighted by molar-refractivity contribution is 0.224. The molecule has 0 aliphatic carbocycles. The van der Waals surface area contributed by atoms with Crippen LogP contribution in [0.3, 0.4) is 0 Å². The van der Waals surface area contributed by atoms with E-state index < -0.39 is 0 Å². The first-order valence-electron chi connectivity index (χ1n) is 6.64. The summed E-state index contributed by atoms with van der Waals surface area (Å²) in [6.45, 7) is 15.1. The van der Waals surface area contributed by atoms with Crippen molar-refractivity contribution in [2.45, 2.75) is 73.3 Å². The van der Waals surface area contributed by atoms with Gasteiger partial charge in [0, 0.05) is 6.04 Å². The summed E-state index contributed by atoms with van der Waals surface area (Å²) in [6, 6.07) is 0.652. The lowest BCUT2D eigenvalue weighted by Gasteiger charge is -2.31. The van der Waals surface area contributed by atoms with E-state index in [1.165, 1.54) is 25.7 Å². The Kier molecular flexibility index (Phi) is 7.25. The highest BCUT2D eigenvalue weighted by atomic mass is 14.9. The fraction of sp³-hybridized carbons (Fsp3) is 1.00. The molecule has 0 aliphatic heterocycles. The number of hydrogen-bond acceptors (Lipinski definition) is 1. The van der Waals surface area contributed by atoms with Gasteiger partial charge >= 0.3 is 0 Å². The molecule has 1 nitrogen and oxygen atoms in total. The molecule has 0 aliphatic rings. The van der Waals surface area contributed by atoms with Crippen LogP contribution >= 0.6 is 0 Å². The summed E-state index contributed by atoms with van der Waals surface area (Å²) in [4.78, 5) is 0. The van der Waals surface area contributed by atoms with Crippen molar-refractivity contribution in [2.24, 2.45) is 11.3 Å². The molecule has 2 unspecified atom stereocenters. The lowest BCUT2D eigenvalue weighted by atomic mass is 9.77. The Labute approximate surface area is 97.0 Å². The molecule has 0 heterocycles. The van der Waals surface area contributed by atoms with Crippen LogP contribution in [0.1, 0.15) is 67.2 Å². The van der Waals surface area contributed by atoms with Gasteiger partial charge in [0.25, 0.3) is 0 Å². The quantitative estimate of drug-likeness (QED) is 0.636. The molecule has 0 fully saturated rings. The molecule has 0 radical (unpaired) electrons. The van der Waals surface area contributed by atoms with Gasteiger partial charge in [0.05, 0.1) is 0 Å². The molecular formula is C14H31N. The van der Waals surface area contributed by atoms with Crippen LogP contribution in [-0.4, -0.2) is 12.6 Å². The molecule has 15 heavy (non-hydrogen) atoms. The molecule has 0 bridgehead atoms. The Morgan fingerprint density at radius 2 is 1.67 bits per heavy atom. The standard InChI is InChI=1S/C14H31N/c1-7-9-12(3)10-14(5,6)11-13(4)15-8-2/h12-13,15H,7-11H2,1-6H3. The number of nitrogens with one attached hydrogen (secondary N) is 1. The van der Waals surface area contributed by atoms with Gasteiger partial charge in [0.1, 0.15) is 0 Å². The Balaban J connectivity index is 3.94. The van der Waals surface area contributed by atoms with Gasteiger partial charge in [-0.15, -0.1) is 0 Å². The summed E-state index contributed by atoms with van der Waals surface area (Å²) in [5, 5.41) is 3.51. The molecule has 1 heteroatoms. The van der Waals surface area contributed by atoms with E-state index in [0.29, 0.717) is 11.5 Å². The van der Waals surface area contributed by atoms with Crippen molar-refractivity contribution < 1.29 is 0 Å². The highest BCUT2D eigenvalue weighted by Gasteiger charge is 2.22. The normalized spacial score (nSPS) is 16.4. The van der Waals surface area contributed by atoms with Crippen LogP contribution < -0.4 is 5.32 Å². The minimum Gasteiger partial charge on any atom is -0.315 e. The Morgan fingerprint density at radius 1 is 1.07 bits per heavy atom. The van der Waals surface area contributed by atoms with Crippen molar-refractivity contribution in [3.63, 3.8) is 0 Å². The van der Waals surface area contributed by atoms with Gasteiger partial charge in [0.15, 0.2) is 0 Å². The van der Waals surface area contributed by atoms with Crippen molar-refractivity contribution in [1.82, 2.24) is 5.32 Å². The minimum absolute atomic E-state index is 0.482. The van der Waals surface area contributed by atoms with Crippen LogP contribution in [-0.2, 0) is 0 Å². The fourth-order valence-electron chi connectivity index (χ4n) is 2.87. The molecule has 0 rings (SSSR count). The lowest BCUT2D eigenvalue weighted by Crippen LogP contribution is -2.31. The third kappa shape index (κ3) is 7.84.